The number of likely N-dealkylation sites (tertiary alicyclic amines) is 1. The van der Waals surface area contributed by atoms with Crippen molar-refractivity contribution in [1.82, 2.24) is 20.0 Å². The lowest BCUT2D eigenvalue weighted by Crippen LogP contribution is -2.60. The van der Waals surface area contributed by atoms with E-state index in [4.69, 9.17) is 0 Å². The fraction of sp³-hybridized carbons (Fsp3) is 0.719. The molecule has 1 N–H and O–H groups in total. The molecule has 39 heavy (non-hydrogen) atoms. The summed E-state index contributed by atoms with van der Waals surface area (Å²) >= 11 is 0. The number of nitrogens with zero attached hydrogens (tertiary/aromatic N) is 3. The van der Waals surface area contributed by atoms with Crippen LogP contribution in [0.25, 0.3) is 0 Å². The van der Waals surface area contributed by atoms with Gasteiger partial charge in [-0.2, -0.15) is 0 Å². The SMILES string of the molecule is CC(C)CN1C(=O)N(CC2CC2)C(=O)C12CCN(C(C(=O)CC(C)(C)C)[C@@H]1CNC[C@@H]1c1ccccc1)CC2. The minimum Gasteiger partial charge on any atom is -0.316 e. The second-order valence-electron chi connectivity index (χ2n) is 14.2. The molecule has 3 saturated heterocycles. The Labute approximate surface area is 234 Å². The molecular weight excluding hydrogens is 488 g/mol. The van der Waals surface area contributed by atoms with Crippen LogP contribution in [0.5, 0.6) is 0 Å². The highest BCUT2D eigenvalue weighted by atomic mass is 16.2. The van der Waals surface area contributed by atoms with Gasteiger partial charge in [-0.15, -0.1) is 0 Å². The summed E-state index contributed by atoms with van der Waals surface area (Å²) in [5.74, 6) is 1.51. The number of rotatable bonds is 9. The van der Waals surface area contributed by atoms with E-state index in [0.717, 1.165) is 25.9 Å². The Bertz CT molecular complexity index is 1050. The molecular formula is C32H48N4O3. The Morgan fingerprint density at radius 2 is 1.72 bits per heavy atom. The molecule has 0 bridgehead atoms. The standard InChI is InChI=1S/C32H48N4O3/c1-22(2)20-36-30(39)35(21-23-11-12-23)29(38)32(36)13-15-34(16-14-32)28(27(37)17-31(3,4)5)26-19-33-18-25(26)24-9-7-6-8-10-24/h6-10,22-23,25-26,28,33H,11-21H2,1-5H3/t25-,26-,28?/m1/s1. The van der Waals surface area contributed by atoms with Crippen LogP contribution in [0, 0.1) is 23.2 Å². The Kier molecular flexibility index (Phi) is 7.95. The van der Waals surface area contributed by atoms with Crippen molar-refractivity contribution in [3.8, 4) is 0 Å². The summed E-state index contributed by atoms with van der Waals surface area (Å²) in [6.45, 7) is 14.8. The number of hydrogen-bond acceptors (Lipinski definition) is 5. The zero-order valence-corrected chi connectivity index (χ0v) is 24.6. The van der Waals surface area contributed by atoms with E-state index in [1.807, 2.05) is 11.0 Å². The molecule has 1 aromatic rings. The molecule has 1 spiro atoms. The fourth-order valence-corrected chi connectivity index (χ4v) is 7.21. The van der Waals surface area contributed by atoms with Crippen molar-refractivity contribution in [1.29, 1.82) is 0 Å². The first-order valence-electron chi connectivity index (χ1n) is 15.2. The van der Waals surface area contributed by atoms with E-state index in [1.54, 1.807) is 4.90 Å². The number of Topliss-reactive ketones (excluding diaryl/α,β-unsaturated/α-hetero) is 1. The molecule has 214 valence electrons. The van der Waals surface area contributed by atoms with Gasteiger partial charge < -0.3 is 10.2 Å². The van der Waals surface area contributed by atoms with Gasteiger partial charge in [0, 0.05) is 57.5 Å². The fourth-order valence-electron chi connectivity index (χ4n) is 7.21. The molecule has 1 aliphatic carbocycles. The first-order valence-corrected chi connectivity index (χ1v) is 15.2. The predicted octanol–water partition coefficient (Wildman–Crippen LogP) is 4.53. The van der Waals surface area contributed by atoms with Crippen LogP contribution in [0.1, 0.15) is 78.2 Å². The molecule has 3 heterocycles. The van der Waals surface area contributed by atoms with E-state index in [2.05, 4.69) is 69.1 Å². The van der Waals surface area contributed by atoms with E-state index in [-0.39, 0.29) is 41.1 Å². The van der Waals surface area contributed by atoms with Crippen LogP contribution in [0.4, 0.5) is 4.79 Å². The van der Waals surface area contributed by atoms with E-state index >= 15 is 0 Å². The number of piperidine rings is 1. The first kappa shape index (κ1) is 28.3. The molecule has 3 atom stereocenters. The third kappa shape index (κ3) is 5.81. The van der Waals surface area contributed by atoms with Gasteiger partial charge in [0.05, 0.1) is 6.04 Å². The lowest BCUT2D eigenvalue weighted by atomic mass is 9.76. The lowest BCUT2D eigenvalue weighted by molar-refractivity contribution is -0.137. The summed E-state index contributed by atoms with van der Waals surface area (Å²) < 4.78 is 0. The smallest absolute Gasteiger partial charge is 0.316 e. The van der Waals surface area contributed by atoms with Gasteiger partial charge in [-0.3, -0.25) is 19.4 Å². The van der Waals surface area contributed by atoms with Crippen LogP contribution in [-0.2, 0) is 9.59 Å². The van der Waals surface area contributed by atoms with Crippen LogP contribution in [-0.4, -0.2) is 83.3 Å². The highest BCUT2D eigenvalue weighted by Crippen LogP contribution is 2.43. The van der Waals surface area contributed by atoms with Crippen molar-refractivity contribution < 1.29 is 14.4 Å². The van der Waals surface area contributed by atoms with Gasteiger partial charge in [0.2, 0.25) is 0 Å². The minimum absolute atomic E-state index is 0.00182. The van der Waals surface area contributed by atoms with Crippen LogP contribution in [0.2, 0.25) is 0 Å². The number of nitrogens with one attached hydrogen (secondary N) is 1. The molecule has 7 heteroatoms. The zero-order valence-electron chi connectivity index (χ0n) is 24.6. The number of urea groups is 1. The second kappa shape index (κ2) is 11.0. The monoisotopic (exact) mass is 536 g/mol. The Balaban J connectivity index is 1.40. The Morgan fingerprint density at radius 3 is 2.31 bits per heavy atom. The molecule has 0 aromatic heterocycles. The first-order chi connectivity index (χ1) is 18.5. The van der Waals surface area contributed by atoms with Crippen molar-refractivity contribution in [2.45, 2.75) is 84.2 Å². The highest BCUT2D eigenvalue weighted by molar-refractivity contribution is 6.07. The summed E-state index contributed by atoms with van der Waals surface area (Å²) in [4.78, 5) is 47.3. The van der Waals surface area contributed by atoms with E-state index in [1.165, 1.54) is 5.56 Å². The number of imide groups is 1. The minimum atomic E-state index is -0.767. The zero-order chi connectivity index (χ0) is 27.9. The normalized spacial score (nSPS) is 26.7. The van der Waals surface area contributed by atoms with E-state index < -0.39 is 5.54 Å². The van der Waals surface area contributed by atoms with Crippen molar-refractivity contribution in [2.24, 2.45) is 23.2 Å². The third-order valence-electron chi connectivity index (χ3n) is 9.25. The van der Waals surface area contributed by atoms with Crippen LogP contribution in [0.3, 0.4) is 0 Å². The van der Waals surface area contributed by atoms with Gasteiger partial charge in [0.1, 0.15) is 5.54 Å². The Morgan fingerprint density at radius 1 is 1.05 bits per heavy atom. The lowest BCUT2D eigenvalue weighted by Gasteiger charge is -2.46. The molecule has 7 nitrogen and oxygen atoms in total. The number of ketones is 1. The van der Waals surface area contributed by atoms with Crippen LogP contribution < -0.4 is 5.32 Å². The molecule has 1 unspecified atom stereocenters. The molecule has 3 aliphatic heterocycles. The summed E-state index contributed by atoms with van der Waals surface area (Å²) in [5.41, 5.74) is 0.424. The molecule has 1 aromatic carbocycles. The van der Waals surface area contributed by atoms with E-state index in [0.29, 0.717) is 57.1 Å². The van der Waals surface area contributed by atoms with Crippen molar-refractivity contribution in [3.63, 3.8) is 0 Å². The largest absolute Gasteiger partial charge is 0.327 e. The number of amides is 3. The molecule has 0 radical (unpaired) electrons. The topological polar surface area (TPSA) is 73.0 Å². The Hall–Kier alpha value is -2.25. The van der Waals surface area contributed by atoms with Crippen molar-refractivity contribution >= 4 is 17.7 Å². The summed E-state index contributed by atoms with van der Waals surface area (Å²) in [5, 5.41) is 3.59. The maximum absolute atomic E-state index is 14.0. The molecule has 1 saturated carbocycles. The highest BCUT2D eigenvalue weighted by Gasteiger charge is 2.59. The van der Waals surface area contributed by atoms with Crippen LogP contribution in [0.15, 0.2) is 30.3 Å². The van der Waals surface area contributed by atoms with Crippen molar-refractivity contribution in [3.05, 3.63) is 35.9 Å². The number of carbonyl (C=O) groups excluding carboxylic acids is 3. The number of benzene rings is 1. The molecule has 3 amide bonds. The third-order valence-corrected chi connectivity index (χ3v) is 9.25. The quantitative estimate of drug-likeness (QED) is 0.470. The second-order valence-corrected chi connectivity index (χ2v) is 14.2. The molecule has 5 rings (SSSR count). The average Bonchev–Trinajstić information content (AvgIpc) is 3.55. The molecule has 4 fully saturated rings. The molecule has 4 aliphatic rings. The maximum Gasteiger partial charge on any atom is 0.327 e. The van der Waals surface area contributed by atoms with Gasteiger partial charge >= 0.3 is 6.03 Å². The van der Waals surface area contributed by atoms with Gasteiger partial charge in [-0.25, -0.2) is 4.79 Å². The van der Waals surface area contributed by atoms with Crippen molar-refractivity contribution in [2.75, 3.05) is 39.3 Å². The summed E-state index contributed by atoms with van der Waals surface area (Å²) in [6.07, 6.45) is 3.94. The van der Waals surface area contributed by atoms with Gasteiger partial charge in [-0.05, 0) is 48.5 Å². The number of carbonyl (C=O) groups is 3. The predicted molar refractivity (Wildman–Crippen MR) is 153 cm³/mol. The van der Waals surface area contributed by atoms with Gasteiger partial charge in [0.25, 0.3) is 5.91 Å². The van der Waals surface area contributed by atoms with E-state index in [9.17, 15) is 14.4 Å². The van der Waals surface area contributed by atoms with Gasteiger partial charge in [0.15, 0.2) is 5.78 Å². The summed E-state index contributed by atoms with van der Waals surface area (Å²) in [7, 11) is 0. The average molecular weight is 537 g/mol. The maximum atomic E-state index is 14.0. The number of hydrogen-bond donors (Lipinski definition) is 1. The van der Waals surface area contributed by atoms with Crippen LogP contribution >= 0.6 is 0 Å². The summed E-state index contributed by atoms with van der Waals surface area (Å²) in [6, 6.07) is 10.3. The van der Waals surface area contributed by atoms with Gasteiger partial charge in [-0.1, -0.05) is 65.0 Å².